The van der Waals surface area contributed by atoms with Gasteiger partial charge in [-0.15, -0.1) is 5.10 Å². The number of fused-ring (bicyclic) bond motifs is 1. The van der Waals surface area contributed by atoms with Crippen LogP contribution in [0.2, 0.25) is 5.02 Å². The number of furan rings is 1. The van der Waals surface area contributed by atoms with Crippen molar-refractivity contribution in [1.82, 2.24) is 29.9 Å². The molecule has 1 fully saturated rings. The third-order valence-electron chi connectivity index (χ3n) is 5.48. The summed E-state index contributed by atoms with van der Waals surface area (Å²) in [7, 11) is 0. The molecule has 4 heterocycles. The molecule has 1 amide bonds. The lowest BCUT2D eigenvalue weighted by Gasteiger charge is -2.32. The first-order valence-corrected chi connectivity index (χ1v) is 10.4. The Morgan fingerprint density at radius 2 is 2.13 bits per heavy atom. The van der Waals surface area contributed by atoms with E-state index in [1.54, 1.807) is 46.2 Å². The minimum absolute atomic E-state index is 0.107. The van der Waals surface area contributed by atoms with Gasteiger partial charge in [0.2, 0.25) is 0 Å². The zero-order valence-corrected chi connectivity index (χ0v) is 17.2. The molecular weight excluding hydrogens is 420 g/mol. The number of aromatic amines is 1. The lowest BCUT2D eigenvalue weighted by molar-refractivity contribution is 0.0704. The lowest BCUT2D eigenvalue weighted by Crippen LogP contribution is -2.40. The smallest absolute Gasteiger partial charge is 0.281 e. The number of likely N-dealkylation sites (tertiary alicyclic amines) is 1. The molecule has 10 heteroatoms. The first-order chi connectivity index (χ1) is 15.1. The molecule has 1 unspecified atom stereocenters. The summed E-state index contributed by atoms with van der Waals surface area (Å²) >= 11 is 6.21. The van der Waals surface area contributed by atoms with Gasteiger partial charge in [0, 0.05) is 19.0 Å². The van der Waals surface area contributed by atoms with Crippen molar-refractivity contribution in [2.45, 2.75) is 25.3 Å². The van der Waals surface area contributed by atoms with Gasteiger partial charge in [-0.1, -0.05) is 28.9 Å². The molecule has 5 rings (SSSR count). The van der Waals surface area contributed by atoms with Gasteiger partial charge in [0.15, 0.2) is 11.2 Å². The van der Waals surface area contributed by atoms with Crippen molar-refractivity contribution in [2.24, 2.45) is 0 Å². The van der Waals surface area contributed by atoms with Crippen LogP contribution in [-0.4, -0.2) is 48.9 Å². The Kier molecular flexibility index (Phi) is 5.03. The lowest BCUT2D eigenvalue weighted by atomic mass is 9.96. The van der Waals surface area contributed by atoms with Gasteiger partial charge in [0.25, 0.3) is 11.5 Å². The Bertz CT molecular complexity index is 1300. The van der Waals surface area contributed by atoms with Crippen molar-refractivity contribution in [3.05, 3.63) is 75.2 Å². The van der Waals surface area contributed by atoms with Gasteiger partial charge in [-0.2, -0.15) is 0 Å². The summed E-state index contributed by atoms with van der Waals surface area (Å²) in [5, 5.41) is 8.44. The fourth-order valence-corrected chi connectivity index (χ4v) is 4.14. The molecule has 0 bridgehead atoms. The Labute approximate surface area is 181 Å². The number of halogens is 1. The van der Waals surface area contributed by atoms with Crippen LogP contribution in [0.15, 0.2) is 51.9 Å². The van der Waals surface area contributed by atoms with E-state index in [9.17, 15) is 9.59 Å². The summed E-state index contributed by atoms with van der Waals surface area (Å²) in [6.07, 6.45) is 3.18. The second-order valence-corrected chi connectivity index (χ2v) is 7.93. The zero-order chi connectivity index (χ0) is 21.4. The number of aromatic nitrogens is 5. The third-order valence-corrected chi connectivity index (χ3v) is 5.81. The maximum atomic E-state index is 13.0. The van der Waals surface area contributed by atoms with Crippen LogP contribution in [0.4, 0.5) is 0 Å². The standard InChI is InChI=1S/C21H19ClN6O3/c22-16-8-2-1-7-15(16)21(30)27-9-3-5-13(11-27)18-23-19-17(20(29)24-18)25-26-28(19)12-14-6-4-10-31-14/h1-2,4,6-8,10,13H,3,5,9,11-12H2,(H,23,24,29). The van der Waals surface area contributed by atoms with Crippen LogP contribution in [-0.2, 0) is 6.54 Å². The highest BCUT2D eigenvalue weighted by Gasteiger charge is 2.28. The first kappa shape index (κ1) is 19.5. The van der Waals surface area contributed by atoms with E-state index in [1.807, 2.05) is 6.07 Å². The number of carbonyl (C=O) groups excluding carboxylic acids is 1. The number of benzene rings is 1. The van der Waals surface area contributed by atoms with Crippen molar-refractivity contribution in [3.63, 3.8) is 0 Å². The van der Waals surface area contributed by atoms with Gasteiger partial charge in [0.1, 0.15) is 18.1 Å². The average Bonchev–Trinajstić information content (AvgIpc) is 3.45. The molecule has 1 N–H and O–H groups in total. The normalized spacial score (nSPS) is 16.7. The minimum Gasteiger partial charge on any atom is -0.467 e. The van der Waals surface area contributed by atoms with E-state index < -0.39 is 0 Å². The number of hydrogen-bond donors (Lipinski definition) is 1. The topological polar surface area (TPSA) is 110 Å². The van der Waals surface area contributed by atoms with Gasteiger partial charge >= 0.3 is 0 Å². The summed E-state index contributed by atoms with van der Waals surface area (Å²) in [6, 6.07) is 10.6. The molecule has 0 saturated carbocycles. The number of nitrogens with one attached hydrogen (secondary N) is 1. The highest BCUT2D eigenvalue weighted by molar-refractivity contribution is 6.33. The van der Waals surface area contributed by atoms with E-state index in [0.717, 1.165) is 12.8 Å². The molecule has 9 nitrogen and oxygen atoms in total. The molecule has 1 saturated heterocycles. The predicted octanol–water partition coefficient (Wildman–Crippen LogP) is 2.83. The van der Waals surface area contributed by atoms with Crippen LogP contribution in [0, 0.1) is 0 Å². The monoisotopic (exact) mass is 438 g/mol. The molecule has 1 aromatic carbocycles. The first-order valence-electron chi connectivity index (χ1n) is 10.00. The molecule has 1 aliphatic rings. The maximum Gasteiger partial charge on any atom is 0.281 e. The Morgan fingerprint density at radius 3 is 2.94 bits per heavy atom. The molecule has 4 aromatic rings. The van der Waals surface area contributed by atoms with Crippen LogP contribution < -0.4 is 5.56 Å². The molecule has 1 atom stereocenters. The number of piperidine rings is 1. The van der Waals surface area contributed by atoms with E-state index in [1.165, 1.54) is 0 Å². The van der Waals surface area contributed by atoms with Crippen molar-refractivity contribution in [1.29, 1.82) is 0 Å². The summed E-state index contributed by atoms with van der Waals surface area (Å²) in [6.45, 7) is 1.39. The fourth-order valence-electron chi connectivity index (χ4n) is 3.92. The molecular formula is C21H19ClN6O3. The van der Waals surface area contributed by atoms with Crippen molar-refractivity contribution >= 4 is 28.7 Å². The van der Waals surface area contributed by atoms with Crippen LogP contribution in [0.1, 0.15) is 40.7 Å². The zero-order valence-electron chi connectivity index (χ0n) is 16.5. The molecule has 0 radical (unpaired) electrons. The predicted molar refractivity (Wildman–Crippen MR) is 113 cm³/mol. The van der Waals surface area contributed by atoms with E-state index >= 15 is 0 Å². The van der Waals surface area contributed by atoms with E-state index in [4.69, 9.17) is 16.0 Å². The molecule has 3 aromatic heterocycles. The largest absolute Gasteiger partial charge is 0.467 e. The maximum absolute atomic E-state index is 13.0. The highest BCUT2D eigenvalue weighted by atomic mass is 35.5. The summed E-state index contributed by atoms with van der Waals surface area (Å²) in [5.74, 6) is 0.981. The second-order valence-electron chi connectivity index (χ2n) is 7.52. The van der Waals surface area contributed by atoms with Crippen molar-refractivity contribution < 1.29 is 9.21 Å². The number of nitrogens with zero attached hydrogens (tertiary/aromatic N) is 5. The summed E-state index contributed by atoms with van der Waals surface area (Å²) in [5.41, 5.74) is 0.697. The number of rotatable bonds is 4. The SMILES string of the molecule is O=C(c1ccccc1Cl)N1CCCC(c2nc3c(nnn3Cc3ccco3)c(=O)[nH]2)C1. The summed E-state index contributed by atoms with van der Waals surface area (Å²) < 4.78 is 6.91. The molecule has 158 valence electrons. The second kappa shape index (κ2) is 7.99. The number of hydrogen-bond acceptors (Lipinski definition) is 6. The quantitative estimate of drug-likeness (QED) is 0.524. The molecule has 31 heavy (non-hydrogen) atoms. The van der Waals surface area contributed by atoms with Gasteiger partial charge in [0.05, 0.1) is 16.8 Å². The van der Waals surface area contributed by atoms with E-state index in [2.05, 4.69) is 20.3 Å². The molecule has 0 spiro atoms. The summed E-state index contributed by atoms with van der Waals surface area (Å²) in [4.78, 5) is 34.8. The number of carbonyl (C=O) groups is 1. The average molecular weight is 439 g/mol. The van der Waals surface area contributed by atoms with Crippen LogP contribution in [0.3, 0.4) is 0 Å². The molecule has 0 aliphatic carbocycles. The van der Waals surface area contributed by atoms with Gasteiger partial charge < -0.3 is 14.3 Å². The Hall–Kier alpha value is -3.46. The van der Waals surface area contributed by atoms with Gasteiger partial charge in [-0.05, 0) is 37.1 Å². The Balaban J connectivity index is 1.44. The van der Waals surface area contributed by atoms with Gasteiger partial charge in [-0.25, -0.2) is 9.67 Å². The van der Waals surface area contributed by atoms with Gasteiger partial charge in [-0.3, -0.25) is 9.59 Å². The van der Waals surface area contributed by atoms with Crippen molar-refractivity contribution in [3.8, 4) is 0 Å². The molecule has 1 aliphatic heterocycles. The van der Waals surface area contributed by atoms with E-state index in [0.29, 0.717) is 47.5 Å². The highest BCUT2D eigenvalue weighted by Crippen LogP contribution is 2.27. The Morgan fingerprint density at radius 1 is 1.26 bits per heavy atom. The van der Waals surface area contributed by atoms with Crippen molar-refractivity contribution in [2.75, 3.05) is 13.1 Å². The minimum atomic E-state index is -0.347. The number of amides is 1. The van der Waals surface area contributed by atoms with Crippen LogP contribution >= 0.6 is 11.6 Å². The van der Waals surface area contributed by atoms with Crippen LogP contribution in [0.5, 0.6) is 0 Å². The fraction of sp³-hybridized carbons (Fsp3) is 0.286. The van der Waals surface area contributed by atoms with E-state index in [-0.39, 0.29) is 22.9 Å². The van der Waals surface area contributed by atoms with Crippen LogP contribution in [0.25, 0.3) is 11.2 Å². The third kappa shape index (κ3) is 3.72. The number of H-pyrrole nitrogens is 1.